The fraction of sp³-hybridized carbons (Fsp3) is 0.0667. The summed E-state index contributed by atoms with van der Waals surface area (Å²) in [6.07, 6.45) is 4.34. The lowest BCUT2D eigenvalue weighted by atomic mass is 10.0. The van der Waals surface area contributed by atoms with Gasteiger partial charge in [-0.05, 0) is 34.9 Å². The Balaban J connectivity index is 2.09. The molecule has 0 saturated carbocycles. The monoisotopic (exact) mass is 285 g/mol. The van der Waals surface area contributed by atoms with E-state index in [4.69, 9.17) is 0 Å². The van der Waals surface area contributed by atoms with Crippen LogP contribution in [0.1, 0.15) is 16.7 Å². The van der Waals surface area contributed by atoms with Crippen LogP contribution in [0.3, 0.4) is 0 Å². The maximum absolute atomic E-state index is 3.52. The second-order valence-corrected chi connectivity index (χ2v) is 5.03. The lowest BCUT2D eigenvalue weighted by molar-refractivity contribution is 1.13. The van der Waals surface area contributed by atoms with Crippen LogP contribution in [0.5, 0.6) is 0 Å². The molecule has 1 aliphatic heterocycles. The van der Waals surface area contributed by atoms with E-state index in [0.29, 0.717) is 0 Å². The predicted octanol–water partition coefficient (Wildman–Crippen LogP) is 4.55. The van der Waals surface area contributed by atoms with Crippen LogP contribution in [0.4, 0.5) is 5.69 Å². The number of para-hydroxylation sites is 1. The molecule has 0 atom stereocenters. The number of halogens is 1. The first-order valence-corrected chi connectivity index (χ1v) is 6.42. The SMILES string of the molecule is Brc1ccc2c(c1)CNc1ccccc1C=C2. The fourth-order valence-electron chi connectivity index (χ4n) is 2.06. The molecule has 1 heterocycles. The largest absolute Gasteiger partial charge is 0.380 e. The number of rotatable bonds is 0. The van der Waals surface area contributed by atoms with Gasteiger partial charge >= 0.3 is 0 Å². The van der Waals surface area contributed by atoms with Crippen LogP contribution in [0.15, 0.2) is 46.9 Å². The van der Waals surface area contributed by atoms with Crippen LogP contribution < -0.4 is 5.32 Å². The molecule has 1 N–H and O–H groups in total. The molecule has 1 aliphatic rings. The van der Waals surface area contributed by atoms with Gasteiger partial charge in [-0.1, -0.05) is 52.3 Å². The summed E-state index contributed by atoms with van der Waals surface area (Å²) in [5.74, 6) is 0. The number of hydrogen-bond donors (Lipinski definition) is 1. The molecule has 2 aromatic rings. The van der Waals surface area contributed by atoms with Gasteiger partial charge in [0.25, 0.3) is 0 Å². The van der Waals surface area contributed by atoms with Gasteiger partial charge in [-0.3, -0.25) is 0 Å². The maximum Gasteiger partial charge on any atom is 0.0416 e. The minimum atomic E-state index is 0.857. The van der Waals surface area contributed by atoms with E-state index >= 15 is 0 Å². The van der Waals surface area contributed by atoms with Crippen LogP contribution in [0.2, 0.25) is 0 Å². The second kappa shape index (κ2) is 4.38. The van der Waals surface area contributed by atoms with E-state index in [1.54, 1.807) is 0 Å². The van der Waals surface area contributed by atoms with E-state index < -0.39 is 0 Å². The van der Waals surface area contributed by atoms with Crippen molar-refractivity contribution in [3.8, 4) is 0 Å². The highest BCUT2D eigenvalue weighted by Gasteiger charge is 2.06. The molecule has 0 aromatic heterocycles. The molecular weight excluding hydrogens is 274 g/mol. The fourth-order valence-corrected chi connectivity index (χ4v) is 2.47. The summed E-state index contributed by atoms with van der Waals surface area (Å²) in [6, 6.07) is 14.8. The number of fused-ring (bicyclic) bond motifs is 2. The van der Waals surface area contributed by atoms with Crippen molar-refractivity contribution in [1.82, 2.24) is 0 Å². The Morgan fingerprint density at radius 1 is 0.941 bits per heavy atom. The first-order chi connectivity index (χ1) is 8.33. The van der Waals surface area contributed by atoms with Crippen molar-refractivity contribution in [3.63, 3.8) is 0 Å². The summed E-state index contributed by atoms with van der Waals surface area (Å²) in [6.45, 7) is 0.857. The topological polar surface area (TPSA) is 12.0 Å². The molecule has 0 fully saturated rings. The Morgan fingerprint density at radius 3 is 2.71 bits per heavy atom. The molecule has 0 spiro atoms. The summed E-state index contributed by atoms with van der Waals surface area (Å²) in [5, 5.41) is 3.48. The molecule has 0 radical (unpaired) electrons. The molecule has 84 valence electrons. The third-order valence-corrected chi connectivity index (χ3v) is 3.47. The Hall–Kier alpha value is -1.54. The van der Waals surface area contributed by atoms with Crippen LogP contribution in [0, 0.1) is 0 Å². The van der Waals surface area contributed by atoms with Gasteiger partial charge in [0.2, 0.25) is 0 Å². The highest BCUT2D eigenvalue weighted by atomic mass is 79.9. The van der Waals surface area contributed by atoms with E-state index in [0.717, 1.165) is 11.0 Å². The van der Waals surface area contributed by atoms with Crippen LogP contribution in [0.25, 0.3) is 12.2 Å². The van der Waals surface area contributed by atoms with E-state index in [2.05, 4.69) is 75.9 Å². The Bertz CT molecular complexity index is 587. The van der Waals surface area contributed by atoms with E-state index in [-0.39, 0.29) is 0 Å². The second-order valence-electron chi connectivity index (χ2n) is 4.12. The minimum absolute atomic E-state index is 0.857. The van der Waals surface area contributed by atoms with Gasteiger partial charge in [0, 0.05) is 16.7 Å². The van der Waals surface area contributed by atoms with Crippen molar-refractivity contribution < 1.29 is 0 Å². The standard InChI is InChI=1S/C15H12BrN/c16-14-8-7-11-5-6-12-3-1-2-4-15(12)17-10-13(11)9-14/h1-9,17H,10H2. The molecule has 0 aliphatic carbocycles. The summed E-state index contributed by atoms with van der Waals surface area (Å²) >= 11 is 3.52. The summed E-state index contributed by atoms with van der Waals surface area (Å²) in [4.78, 5) is 0. The van der Waals surface area contributed by atoms with Gasteiger partial charge in [0.05, 0.1) is 0 Å². The Morgan fingerprint density at radius 2 is 1.76 bits per heavy atom. The zero-order valence-corrected chi connectivity index (χ0v) is 10.9. The average Bonchev–Trinajstić information content (AvgIpc) is 2.33. The Kier molecular flexibility index (Phi) is 2.73. The summed E-state index contributed by atoms with van der Waals surface area (Å²) < 4.78 is 1.13. The molecule has 0 bridgehead atoms. The first kappa shape index (κ1) is 10.6. The van der Waals surface area contributed by atoms with Crippen molar-refractivity contribution in [3.05, 3.63) is 63.6 Å². The quantitative estimate of drug-likeness (QED) is 0.749. The van der Waals surface area contributed by atoms with Gasteiger partial charge in [0.15, 0.2) is 0 Å². The summed E-state index contributed by atoms with van der Waals surface area (Å²) in [5.41, 5.74) is 5.01. The highest BCUT2D eigenvalue weighted by molar-refractivity contribution is 9.10. The third kappa shape index (κ3) is 2.13. The summed E-state index contributed by atoms with van der Waals surface area (Å²) in [7, 11) is 0. The molecule has 0 amide bonds. The maximum atomic E-state index is 3.52. The van der Waals surface area contributed by atoms with Crippen molar-refractivity contribution >= 4 is 33.8 Å². The number of hydrogen-bond acceptors (Lipinski definition) is 1. The van der Waals surface area contributed by atoms with Crippen LogP contribution in [-0.2, 0) is 6.54 Å². The average molecular weight is 286 g/mol. The molecule has 1 nitrogen and oxygen atoms in total. The van der Waals surface area contributed by atoms with E-state index in [9.17, 15) is 0 Å². The molecule has 2 aromatic carbocycles. The molecule has 2 heteroatoms. The zero-order valence-electron chi connectivity index (χ0n) is 9.28. The van der Waals surface area contributed by atoms with Gasteiger partial charge in [0.1, 0.15) is 0 Å². The highest BCUT2D eigenvalue weighted by Crippen LogP contribution is 2.25. The van der Waals surface area contributed by atoms with Crippen molar-refractivity contribution in [1.29, 1.82) is 0 Å². The number of nitrogens with one attached hydrogen (secondary N) is 1. The van der Waals surface area contributed by atoms with Gasteiger partial charge in [-0.25, -0.2) is 0 Å². The van der Waals surface area contributed by atoms with Gasteiger partial charge in [-0.2, -0.15) is 0 Å². The molecular formula is C15H12BrN. The molecule has 3 rings (SSSR count). The number of benzene rings is 2. The zero-order chi connectivity index (χ0) is 11.7. The number of anilines is 1. The van der Waals surface area contributed by atoms with Gasteiger partial charge in [-0.15, -0.1) is 0 Å². The molecule has 17 heavy (non-hydrogen) atoms. The van der Waals surface area contributed by atoms with E-state index in [1.165, 1.54) is 22.4 Å². The van der Waals surface area contributed by atoms with Crippen molar-refractivity contribution in [2.75, 3.05) is 5.32 Å². The van der Waals surface area contributed by atoms with Crippen molar-refractivity contribution in [2.24, 2.45) is 0 Å². The minimum Gasteiger partial charge on any atom is -0.380 e. The van der Waals surface area contributed by atoms with Crippen LogP contribution in [-0.4, -0.2) is 0 Å². The lowest BCUT2D eigenvalue weighted by Gasteiger charge is -2.15. The van der Waals surface area contributed by atoms with E-state index in [1.807, 2.05) is 0 Å². The Labute approximate surface area is 109 Å². The van der Waals surface area contributed by atoms with Crippen LogP contribution >= 0.6 is 15.9 Å². The molecule has 0 saturated heterocycles. The lowest BCUT2D eigenvalue weighted by Crippen LogP contribution is -2.04. The molecule has 0 unspecified atom stereocenters. The smallest absolute Gasteiger partial charge is 0.0416 e. The van der Waals surface area contributed by atoms with Gasteiger partial charge < -0.3 is 5.32 Å². The predicted molar refractivity (Wildman–Crippen MR) is 76.8 cm³/mol. The first-order valence-electron chi connectivity index (χ1n) is 5.62. The third-order valence-electron chi connectivity index (χ3n) is 2.98. The van der Waals surface area contributed by atoms with Crippen molar-refractivity contribution in [2.45, 2.75) is 6.54 Å². The normalized spacial score (nSPS) is 13.0.